The van der Waals surface area contributed by atoms with E-state index in [1.165, 1.54) is 14.0 Å². The van der Waals surface area contributed by atoms with Crippen molar-refractivity contribution in [3.05, 3.63) is 62.8 Å². The van der Waals surface area contributed by atoms with Crippen LogP contribution in [0, 0.1) is 13.8 Å². The van der Waals surface area contributed by atoms with Crippen LogP contribution in [0.3, 0.4) is 0 Å². The molecular weight excluding hydrogens is 368 g/mol. The highest BCUT2D eigenvalue weighted by Crippen LogP contribution is 2.33. The van der Waals surface area contributed by atoms with Gasteiger partial charge in [-0.3, -0.25) is 4.79 Å². The topological polar surface area (TPSA) is 65.7 Å². The molecule has 0 radical (unpaired) electrons. The van der Waals surface area contributed by atoms with Gasteiger partial charge in [0, 0.05) is 10.6 Å². The first kappa shape index (κ1) is 19.0. The van der Waals surface area contributed by atoms with Crippen LogP contribution >= 0.6 is 11.6 Å². The van der Waals surface area contributed by atoms with E-state index in [9.17, 15) is 9.59 Å². The van der Waals surface area contributed by atoms with Gasteiger partial charge in [0.05, 0.1) is 12.5 Å². The van der Waals surface area contributed by atoms with E-state index in [0.29, 0.717) is 16.2 Å². The Balaban J connectivity index is 2.28. The summed E-state index contributed by atoms with van der Waals surface area (Å²) in [6, 6.07) is 10.7. The zero-order valence-electron chi connectivity index (χ0n) is 15.5. The molecule has 1 heterocycles. The van der Waals surface area contributed by atoms with E-state index < -0.39 is 17.5 Å². The number of esters is 1. The maximum atomic E-state index is 13.1. The van der Waals surface area contributed by atoms with Gasteiger partial charge in [-0.05, 0) is 38.5 Å². The van der Waals surface area contributed by atoms with Crippen molar-refractivity contribution in [3.63, 3.8) is 0 Å². The Bertz CT molecular complexity index is 1070. The van der Waals surface area contributed by atoms with Crippen molar-refractivity contribution in [1.82, 2.24) is 0 Å². The first-order chi connectivity index (χ1) is 12.8. The summed E-state index contributed by atoms with van der Waals surface area (Å²) >= 11 is 6.17. The number of hydrogen-bond donors (Lipinski definition) is 0. The average Bonchev–Trinajstić information content (AvgIpc) is 2.65. The van der Waals surface area contributed by atoms with Crippen molar-refractivity contribution in [2.45, 2.75) is 26.9 Å². The number of hydrogen-bond acceptors (Lipinski definition) is 5. The minimum atomic E-state index is -0.972. The maximum absolute atomic E-state index is 13.1. The predicted octanol–water partition coefficient (Wildman–Crippen LogP) is 4.67. The number of ether oxygens (including phenoxy) is 2. The molecule has 0 N–H and O–H groups in total. The molecule has 0 amide bonds. The molecular formula is C21H19ClO5. The molecule has 1 atom stereocenters. The standard InChI is InChI=1S/C21H19ClO5/c1-11-5-7-14(8-6-11)19-20(26-13(3)21(24)25-4)18(23)15-10-16(22)12(2)9-17(15)27-19/h5-10,13H,1-4H3/t13-/m0/s1. The zero-order chi connectivity index (χ0) is 19.7. The molecule has 0 fully saturated rings. The van der Waals surface area contributed by atoms with Gasteiger partial charge in [-0.2, -0.15) is 0 Å². The Morgan fingerprint density at radius 3 is 2.44 bits per heavy atom. The van der Waals surface area contributed by atoms with Gasteiger partial charge in [0.1, 0.15) is 5.58 Å². The molecule has 5 nitrogen and oxygen atoms in total. The largest absolute Gasteiger partial charge is 0.471 e. The summed E-state index contributed by atoms with van der Waals surface area (Å²) in [6.45, 7) is 5.30. The van der Waals surface area contributed by atoms with E-state index in [4.69, 9.17) is 25.5 Å². The van der Waals surface area contributed by atoms with Crippen LogP contribution in [0.25, 0.3) is 22.3 Å². The molecule has 0 unspecified atom stereocenters. The summed E-state index contributed by atoms with van der Waals surface area (Å²) in [5.41, 5.74) is 2.52. The average molecular weight is 387 g/mol. The monoisotopic (exact) mass is 386 g/mol. The van der Waals surface area contributed by atoms with Crippen LogP contribution in [0.2, 0.25) is 5.02 Å². The van der Waals surface area contributed by atoms with Crippen LogP contribution in [-0.2, 0) is 9.53 Å². The van der Waals surface area contributed by atoms with Gasteiger partial charge >= 0.3 is 5.97 Å². The van der Waals surface area contributed by atoms with Gasteiger partial charge in [-0.15, -0.1) is 0 Å². The smallest absolute Gasteiger partial charge is 0.346 e. The van der Waals surface area contributed by atoms with Crippen molar-refractivity contribution in [1.29, 1.82) is 0 Å². The molecule has 0 saturated carbocycles. The summed E-state index contributed by atoms with van der Waals surface area (Å²) < 4.78 is 16.4. The summed E-state index contributed by atoms with van der Waals surface area (Å²) in [5, 5.41) is 0.735. The Morgan fingerprint density at radius 1 is 1.15 bits per heavy atom. The Labute approximate surface area is 161 Å². The van der Waals surface area contributed by atoms with Gasteiger partial charge < -0.3 is 13.9 Å². The summed E-state index contributed by atoms with van der Waals surface area (Å²) in [6.07, 6.45) is -0.972. The quantitative estimate of drug-likeness (QED) is 0.609. The number of carbonyl (C=O) groups excluding carboxylic acids is 1. The molecule has 0 saturated heterocycles. The lowest BCUT2D eigenvalue weighted by Gasteiger charge is -2.16. The summed E-state index contributed by atoms with van der Waals surface area (Å²) in [7, 11) is 1.26. The fraction of sp³-hybridized carbons (Fsp3) is 0.238. The molecule has 0 aliphatic rings. The lowest BCUT2D eigenvalue weighted by molar-refractivity contribution is -0.147. The molecule has 140 valence electrons. The van der Waals surface area contributed by atoms with Crippen molar-refractivity contribution < 1.29 is 18.7 Å². The molecule has 0 spiro atoms. The van der Waals surface area contributed by atoms with E-state index in [0.717, 1.165) is 11.1 Å². The molecule has 1 aromatic heterocycles. The van der Waals surface area contributed by atoms with Crippen molar-refractivity contribution in [3.8, 4) is 17.1 Å². The number of methoxy groups -OCH3 is 1. The zero-order valence-corrected chi connectivity index (χ0v) is 16.2. The van der Waals surface area contributed by atoms with E-state index in [1.807, 2.05) is 38.1 Å². The van der Waals surface area contributed by atoms with Crippen LogP contribution in [0.15, 0.2) is 45.6 Å². The number of fused-ring (bicyclic) bond motifs is 1. The summed E-state index contributed by atoms with van der Waals surface area (Å²) in [4.78, 5) is 24.9. The lowest BCUT2D eigenvalue weighted by Crippen LogP contribution is -2.27. The third-order valence-corrected chi connectivity index (χ3v) is 4.68. The van der Waals surface area contributed by atoms with Gasteiger partial charge in [0.25, 0.3) is 0 Å². The molecule has 2 aromatic carbocycles. The molecule has 6 heteroatoms. The van der Waals surface area contributed by atoms with E-state index in [-0.39, 0.29) is 16.9 Å². The third kappa shape index (κ3) is 3.69. The minimum absolute atomic E-state index is 0.0517. The number of carbonyl (C=O) groups is 1. The second kappa shape index (κ2) is 7.45. The Kier molecular flexibility index (Phi) is 5.24. The number of halogens is 1. The van der Waals surface area contributed by atoms with Crippen LogP contribution in [-0.4, -0.2) is 19.2 Å². The highest BCUT2D eigenvalue weighted by molar-refractivity contribution is 6.32. The number of benzene rings is 2. The predicted molar refractivity (Wildman–Crippen MR) is 105 cm³/mol. The van der Waals surface area contributed by atoms with E-state index >= 15 is 0 Å². The van der Waals surface area contributed by atoms with Gasteiger partial charge in [-0.1, -0.05) is 41.4 Å². The first-order valence-electron chi connectivity index (χ1n) is 8.40. The summed E-state index contributed by atoms with van der Waals surface area (Å²) in [5.74, 6) is -0.388. The highest BCUT2D eigenvalue weighted by Gasteiger charge is 2.23. The second-order valence-corrected chi connectivity index (χ2v) is 6.74. The number of aryl methyl sites for hydroxylation is 2. The number of rotatable bonds is 4. The Hall–Kier alpha value is -2.79. The van der Waals surface area contributed by atoms with Gasteiger partial charge in [-0.25, -0.2) is 4.79 Å². The highest BCUT2D eigenvalue weighted by atomic mass is 35.5. The third-order valence-electron chi connectivity index (χ3n) is 4.27. The SMILES string of the molecule is COC(=O)[C@H](C)Oc1c(-c2ccc(C)cc2)oc2cc(C)c(Cl)cc2c1=O. The molecule has 0 aliphatic carbocycles. The normalized spacial score (nSPS) is 12.0. The molecule has 0 aliphatic heterocycles. The molecule has 27 heavy (non-hydrogen) atoms. The second-order valence-electron chi connectivity index (χ2n) is 6.34. The molecule has 3 aromatic rings. The van der Waals surface area contributed by atoms with Crippen molar-refractivity contribution in [2.75, 3.05) is 7.11 Å². The molecule has 0 bridgehead atoms. The maximum Gasteiger partial charge on any atom is 0.346 e. The van der Waals surface area contributed by atoms with Crippen molar-refractivity contribution in [2.24, 2.45) is 0 Å². The van der Waals surface area contributed by atoms with Crippen LogP contribution in [0.1, 0.15) is 18.1 Å². The van der Waals surface area contributed by atoms with Crippen LogP contribution in [0.4, 0.5) is 0 Å². The first-order valence-corrected chi connectivity index (χ1v) is 8.78. The fourth-order valence-electron chi connectivity index (χ4n) is 2.69. The molecule has 3 rings (SSSR count). The van der Waals surface area contributed by atoms with E-state index in [2.05, 4.69) is 0 Å². The van der Waals surface area contributed by atoms with Crippen LogP contribution < -0.4 is 10.2 Å². The fourth-order valence-corrected chi connectivity index (χ4v) is 2.86. The lowest BCUT2D eigenvalue weighted by atomic mass is 10.1. The Morgan fingerprint density at radius 2 is 1.81 bits per heavy atom. The van der Waals surface area contributed by atoms with Gasteiger partial charge in [0.15, 0.2) is 11.9 Å². The van der Waals surface area contributed by atoms with Gasteiger partial charge in [0.2, 0.25) is 11.2 Å². The minimum Gasteiger partial charge on any atom is -0.471 e. The van der Waals surface area contributed by atoms with E-state index in [1.54, 1.807) is 12.1 Å². The van der Waals surface area contributed by atoms with Crippen molar-refractivity contribution >= 4 is 28.5 Å². The van der Waals surface area contributed by atoms with Crippen LogP contribution in [0.5, 0.6) is 5.75 Å².